The summed E-state index contributed by atoms with van der Waals surface area (Å²) in [4.78, 5) is 11.1. The Morgan fingerprint density at radius 3 is 3.05 bits per heavy atom. The molecule has 0 bridgehead atoms. The lowest BCUT2D eigenvalue weighted by molar-refractivity contribution is 0.361. The Labute approximate surface area is 111 Å². The van der Waals surface area contributed by atoms with Gasteiger partial charge in [-0.05, 0) is 31.6 Å². The van der Waals surface area contributed by atoms with E-state index in [1.54, 1.807) is 0 Å². The molecule has 6 heteroatoms. The van der Waals surface area contributed by atoms with Gasteiger partial charge in [-0.3, -0.25) is 5.10 Å². The Morgan fingerprint density at radius 1 is 1.21 bits per heavy atom. The highest BCUT2D eigenvalue weighted by Gasteiger charge is 2.36. The molecule has 0 aromatic carbocycles. The topological polar surface area (TPSA) is 83.7 Å². The summed E-state index contributed by atoms with van der Waals surface area (Å²) in [6.07, 6.45) is 8.37. The molecule has 1 aliphatic heterocycles. The van der Waals surface area contributed by atoms with E-state index in [4.69, 9.17) is 5.73 Å². The van der Waals surface area contributed by atoms with E-state index in [-0.39, 0.29) is 0 Å². The number of rotatable bonds is 1. The SMILES string of the molecule is Nc1nc(N2CCCC3CCCC32)c2cn[nH]c2n1. The zero-order chi connectivity index (χ0) is 12.8. The molecule has 2 aromatic heterocycles. The van der Waals surface area contributed by atoms with Crippen LogP contribution in [0.3, 0.4) is 0 Å². The Bertz CT molecular complexity index is 606. The molecule has 2 unspecified atom stereocenters. The van der Waals surface area contributed by atoms with E-state index in [2.05, 4.69) is 25.1 Å². The summed E-state index contributed by atoms with van der Waals surface area (Å²) in [5.74, 6) is 2.12. The van der Waals surface area contributed by atoms with Crippen molar-refractivity contribution in [1.82, 2.24) is 20.2 Å². The molecule has 1 aliphatic carbocycles. The van der Waals surface area contributed by atoms with Crippen LogP contribution in [-0.2, 0) is 0 Å². The van der Waals surface area contributed by atoms with Crippen LogP contribution in [0.2, 0.25) is 0 Å². The first-order chi connectivity index (χ1) is 9.33. The zero-order valence-electron chi connectivity index (χ0n) is 10.8. The Balaban J connectivity index is 1.82. The molecule has 2 aromatic rings. The van der Waals surface area contributed by atoms with Gasteiger partial charge in [-0.1, -0.05) is 6.42 Å². The third kappa shape index (κ3) is 1.66. The Hall–Kier alpha value is -1.85. The molecular weight excluding hydrogens is 240 g/mol. The molecule has 1 saturated carbocycles. The summed E-state index contributed by atoms with van der Waals surface area (Å²) in [7, 11) is 0. The summed E-state index contributed by atoms with van der Waals surface area (Å²) in [6.45, 7) is 1.07. The number of anilines is 2. The highest BCUT2D eigenvalue weighted by atomic mass is 15.3. The van der Waals surface area contributed by atoms with Gasteiger partial charge in [-0.2, -0.15) is 15.1 Å². The molecule has 19 heavy (non-hydrogen) atoms. The van der Waals surface area contributed by atoms with E-state index in [0.717, 1.165) is 29.3 Å². The van der Waals surface area contributed by atoms with Crippen LogP contribution in [0.15, 0.2) is 6.20 Å². The number of aromatic amines is 1. The second-order valence-corrected chi connectivity index (χ2v) is 5.63. The molecule has 2 fully saturated rings. The molecule has 2 atom stereocenters. The van der Waals surface area contributed by atoms with Gasteiger partial charge in [-0.25, -0.2) is 0 Å². The smallest absolute Gasteiger partial charge is 0.224 e. The maximum absolute atomic E-state index is 5.83. The van der Waals surface area contributed by atoms with Gasteiger partial charge < -0.3 is 10.6 Å². The fourth-order valence-corrected chi connectivity index (χ4v) is 3.77. The van der Waals surface area contributed by atoms with Crippen LogP contribution in [-0.4, -0.2) is 32.8 Å². The largest absolute Gasteiger partial charge is 0.368 e. The van der Waals surface area contributed by atoms with Crippen molar-refractivity contribution in [3.8, 4) is 0 Å². The minimum absolute atomic E-state index is 0.326. The highest BCUT2D eigenvalue weighted by Crippen LogP contribution is 2.40. The van der Waals surface area contributed by atoms with Crippen molar-refractivity contribution >= 4 is 22.8 Å². The first-order valence-electron chi connectivity index (χ1n) is 7.06. The summed E-state index contributed by atoms with van der Waals surface area (Å²) < 4.78 is 0. The van der Waals surface area contributed by atoms with Crippen LogP contribution in [0.1, 0.15) is 32.1 Å². The monoisotopic (exact) mass is 258 g/mol. The number of aromatic nitrogens is 4. The fourth-order valence-electron chi connectivity index (χ4n) is 3.77. The number of H-pyrrole nitrogens is 1. The standard InChI is InChI=1S/C13H18N6/c14-13-16-11-9(7-15-18-11)12(17-13)19-6-2-4-8-3-1-5-10(8)19/h7-8,10H,1-6H2,(H3,14,15,16,17,18). The Kier molecular flexibility index (Phi) is 2.36. The number of piperidine rings is 1. The predicted octanol–water partition coefficient (Wildman–Crippen LogP) is 1.70. The maximum Gasteiger partial charge on any atom is 0.224 e. The van der Waals surface area contributed by atoms with Gasteiger partial charge in [-0.15, -0.1) is 0 Å². The number of nitrogens with two attached hydrogens (primary N) is 1. The van der Waals surface area contributed by atoms with Crippen LogP contribution in [0.5, 0.6) is 0 Å². The van der Waals surface area contributed by atoms with Crippen molar-refractivity contribution in [2.45, 2.75) is 38.1 Å². The first-order valence-corrected chi connectivity index (χ1v) is 7.06. The summed E-state index contributed by atoms with van der Waals surface area (Å²) in [5.41, 5.74) is 6.57. The zero-order valence-corrected chi connectivity index (χ0v) is 10.8. The third-order valence-electron chi connectivity index (χ3n) is 4.57. The van der Waals surface area contributed by atoms with Gasteiger partial charge in [0.2, 0.25) is 5.95 Å². The van der Waals surface area contributed by atoms with E-state index in [1.165, 1.54) is 32.1 Å². The predicted molar refractivity (Wildman–Crippen MR) is 73.8 cm³/mol. The molecule has 0 radical (unpaired) electrons. The third-order valence-corrected chi connectivity index (χ3v) is 4.57. The van der Waals surface area contributed by atoms with E-state index in [9.17, 15) is 0 Å². The number of nitrogens with zero attached hydrogens (tertiary/aromatic N) is 4. The van der Waals surface area contributed by atoms with Gasteiger partial charge >= 0.3 is 0 Å². The van der Waals surface area contributed by atoms with Crippen molar-refractivity contribution in [1.29, 1.82) is 0 Å². The van der Waals surface area contributed by atoms with Crippen LogP contribution in [0.25, 0.3) is 11.0 Å². The average Bonchev–Trinajstić information content (AvgIpc) is 3.04. The number of nitrogens with one attached hydrogen (secondary N) is 1. The first kappa shape index (κ1) is 11.0. The lowest BCUT2D eigenvalue weighted by Crippen LogP contribution is -2.43. The quantitative estimate of drug-likeness (QED) is 0.813. The Morgan fingerprint density at radius 2 is 2.11 bits per heavy atom. The van der Waals surface area contributed by atoms with Gasteiger partial charge in [0.05, 0.1) is 11.6 Å². The minimum atomic E-state index is 0.326. The lowest BCUT2D eigenvalue weighted by Gasteiger charge is -2.38. The normalized spacial score (nSPS) is 26.8. The summed E-state index contributed by atoms with van der Waals surface area (Å²) >= 11 is 0. The molecule has 6 nitrogen and oxygen atoms in total. The second kappa shape index (κ2) is 4.08. The molecule has 0 spiro atoms. The number of nitrogen functional groups attached to an aromatic ring is 1. The second-order valence-electron chi connectivity index (χ2n) is 5.63. The minimum Gasteiger partial charge on any atom is -0.368 e. The van der Waals surface area contributed by atoms with E-state index in [0.29, 0.717) is 12.0 Å². The number of fused-ring (bicyclic) bond motifs is 2. The number of hydrogen-bond donors (Lipinski definition) is 2. The number of hydrogen-bond acceptors (Lipinski definition) is 5. The van der Waals surface area contributed by atoms with Crippen molar-refractivity contribution < 1.29 is 0 Å². The average molecular weight is 258 g/mol. The van der Waals surface area contributed by atoms with Crippen LogP contribution in [0.4, 0.5) is 11.8 Å². The van der Waals surface area contributed by atoms with Crippen molar-refractivity contribution in [3.05, 3.63) is 6.20 Å². The van der Waals surface area contributed by atoms with Crippen LogP contribution >= 0.6 is 0 Å². The molecule has 3 heterocycles. The summed E-state index contributed by atoms with van der Waals surface area (Å²) in [6, 6.07) is 0.626. The molecule has 100 valence electrons. The lowest BCUT2D eigenvalue weighted by atomic mass is 9.92. The molecular formula is C13H18N6. The van der Waals surface area contributed by atoms with Crippen molar-refractivity contribution in [2.24, 2.45) is 5.92 Å². The van der Waals surface area contributed by atoms with E-state index >= 15 is 0 Å². The van der Waals surface area contributed by atoms with Gasteiger partial charge in [0.1, 0.15) is 5.82 Å². The molecule has 3 N–H and O–H groups in total. The molecule has 0 amide bonds. The van der Waals surface area contributed by atoms with Crippen molar-refractivity contribution in [2.75, 3.05) is 17.2 Å². The van der Waals surface area contributed by atoms with Crippen molar-refractivity contribution in [3.63, 3.8) is 0 Å². The maximum atomic E-state index is 5.83. The van der Waals surface area contributed by atoms with Crippen LogP contribution < -0.4 is 10.6 Å². The van der Waals surface area contributed by atoms with E-state index in [1.807, 2.05) is 6.20 Å². The molecule has 1 saturated heterocycles. The molecule has 2 aliphatic rings. The van der Waals surface area contributed by atoms with Gasteiger partial charge in [0.25, 0.3) is 0 Å². The van der Waals surface area contributed by atoms with Gasteiger partial charge in [0, 0.05) is 12.6 Å². The fraction of sp³-hybridized carbons (Fsp3) is 0.615. The summed E-state index contributed by atoms with van der Waals surface area (Å²) in [5, 5.41) is 7.95. The highest BCUT2D eigenvalue weighted by molar-refractivity contribution is 5.87. The van der Waals surface area contributed by atoms with Gasteiger partial charge in [0.15, 0.2) is 5.65 Å². The molecule has 4 rings (SSSR count). The van der Waals surface area contributed by atoms with Crippen LogP contribution in [0, 0.1) is 5.92 Å². The van der Waals surface area contributed by atoms with E-state index < -0.39 is 0 Å².